The Kier molecular flexibility index (Phi) is 3.61. The van der Waals surface area contributed by atoms with Gasteiger partial charge in [-0.15, -0.1) is 0 Å². The molecule has 0 aliphatic heterocycles. The van der Waals surface area contributed by atoms with Crippen LogP contribution >= 0.6 is 11.6 Å². The summed E-state index contributed by atoms with van der Waals surface area (Å²) in [6, 6.07) is 15.5. The summed E-state index contributed by atoms with van der Waals surface area (Å²) in [4.78, 5) is 12.4. The molecule has 1 aliphatic carbocycles. The number of hydrogen-bond donors (Lipinski definition) is 1. The largest absolute Gasteiger partial charge is 0.351 e. The maximum absolute atomic E-state index is 12.4. The van der Waals surface area contributed by atoms with Crippen LogP contribution in [-0.4, -0.2) is 17.0 Å². The molecule has 1 saturated carbocycles. The molecule has 1 amide bonds. The summed E-state index contributed by atoms with van der Waals surface area (Å²) in [5.41, 5.74) is 3.25. The van der Waals surface area contributed by atoms with Crippen LogP contribution in [0.2, 0.25) is 5.02 Å². The Morgan fingerprint density at radius 2 is 2.00 bits per heavy atom. The van der Waals surface area contributed by atoms with Crippen LogP contribution in [0.3, 0.4) is 0 Å². The van der Waals surface area contributed by atoms with Crippen LogP contribution in [0.15, 0.2) is 54.7 Å². The van der Waals surface area contributed by atoms with Crippen molar-refractivity contribution in [1.29, 1.82) is 0 Å². The second-order valence-corrected chi connectivity index (χ2v) is 7.08. The highest BCUT2D eigenvalue weighted by Gasteiger charge is 2.46. The lowest BCUT2D eigenvalue weighted by Crippen LogP contribution is -2.32. The summed E-state index contributed by atoms with van der Waals surface area (Å²) < 4.78 is 2.17. The van der Waals surface area contributed by atoms with Crippen molar-refractivity contribution in [2.24, 2.45) is 7.05 Å². The number of halogens is 1. The van der Waals surface area contributed by atoms with Gasteiger partial charge in [0, 0.05) is 46.7 Å². The first kappa shape index (κ1) is 15.3. The van der Waals surface area contributed by atoms with E-state index in [1.165, 1.54) is 16.5 Å². The van der Waals surface area contributed by atoms with E-state index in [1.54, 1.807) is 24.3 Å². The average molecular weight is 339 g/mol. The lowest BCUT2D eigenvalue weighted by atomic mass is 9.95. The van der Waals surface area contributed by atoms with Gasteiger partial charge < -0.3 is 9.88 Å². The Hall–Kier alpha value is -2.26. The van der Waals surface area contributed by atoms with Gasteiger partial charge in [0.25, 0.3) is 5.91 Å². The molecule has 2 aromatic carbocycles. The highest BCUT2D eigenvalue weighted by molar-refractivity contribution is 6.30. The summed E-state index contributed by atoms with van der Waals surface area (Å²) in [7, 11) is 2.08. The average Bonchev–Trinajstić information content (AvgIpc) is 3.31. The number of carbonyl (C=O) groups excluding carboxylic acids is 1. The van der Waals surface area contributed by atoms with Gasteiger partial charge >= 0.3 is 0 Å². The molecule has 3 aromatic rings. The molecule has 1 fully saturated rings. The van der Waals surface area contributed by atoms with E-state index in [1.807, 2.05) is 0 Å². The highest BCUT2D eigenvalue weighted by atomic mass is 35.5. The molecule has 0 spiro atoms. The Labute approximate surface area is 146 Å². The van der Waals surface area contributed by atoms with Crippen LogP contribution in [0, 0.1) is 0 Å². The second kappa shape index (κ2) is 5.67. The number of rotatable bonds is 4. The van der Waals surface area contributed by atoms with Crippen LogP contribution < -0.4 is 5.32 Å². The zero-order valence-corrected chi connectivity index (χ0v) is 14.3. The van der Waals surface area contributed by atoms with Gasteiger partial charge in [0.05, 0.1) is 0 Å². The molecule has 3 nitrogen and oxygen atoms in total. The highest BCUT2D eigenvalue weighted by Crippen LogP contribution is 2.50. The van der Waals surface area contributed by atoms with Crippen LogP contribution in [0.5, 0.6) is 0 Å². The van der Waals surface area contributed by atoms with Gasteiger partial charge in [-0.05, 0) is 42.7 Å². The van der Waals surface area contributed by atoms with Gasteiger partial charge in [-0.3, -0.25) is 4.79 Å². The summed E-state index contributed by atoms with van der Waals surface area (Å²) in [6.45, 7) is 0.659. The molecule has 0 atom stereocenters. The van der Waals surface area contributed by atoms with Crippen molar-refractivity contribution < 1.29 is 4.79 Å². The molecular formula is C20H19ClN2O. The van der Waals surface area contributed by atoms with E-state index in [4.69, 9.17) is 11.6 Å². The molecule has 0 saturated heterocycles. The van der Waals surface area contributed by atoms with Gasteiger partial charge in [-0.1, -0.05) is 35.9 Å². The molecule has 0 radical (unpaired) electrons. The van der Waals surface area contributed by atoms with Crippen molar-refractivity contribution in [3.05, 3.63) is 70.9 Å². The fourth-order valence-corrected chi connectivity index (χ4v) is 3.63. The van der Waals surface area contributed by atoms with Gasteiger partial charge in [0.2, 0.25) is 0 Å². The molecule has 0 bridgehead atoms. The SMILES string of the molecule is Cn1cc(C2(CNC(=O)c3cccc(Cl)c3)CC2)c2ccccc21. The summed E-state index contributed by atoms with van der Waals surface area (Å²) >= 11 is 5.97. The number of benzene rings is 2. The first-order chi connectivity index (χ1) is 11.6. The number of aryl methyl sites for hydroxylation is 1. The van der Waals surface area contributed by atoms with Crippen LogP contribution in [0.4, 0.5) is 0 Å². The predicted molar refractivity (Wildman–Crippen MR) is 97.6 cm³/mol. The molecule has 0 unspecified atom stereocenters. The minimum atomic E-state index is -0.0657. The summed E-state index contributed by atoms with van der Waals surface area (Å²) in [5, 5.41) is 4.96. The normalized spacial score (nSPS) is 15.4. The lowest BCUT2D eigenvalue weighted by Gasteiger charge is -2.16. The van der Waals surface area contributed by atoms with Crippen LogP contribution in [0.25, 0.3) is 10.9 Å². The van der Waals surface area contributed by atoms with Crippen LogP contribution in [-0.2, 0) is 12.5 Å². The van der Waals surface area contributed by atoms with Gasteiger partial charge in [0.15, 0.2) is 0 Å². The minimum Gasteiger partial charge on any atom is -0.351 e. The van der Waals surface area contributed by atoms with E-state index in [9.17, 15) is 4.79 Å². The molecule has 4 heteroatoms. The van der Waals surface area contributed by atoms with E-state index < -0.39 is 0 Å². The molecular weight excluding hydrogens is 320 g/mol. The Balaban J connectivity index is 1.57. The molecule has 1 aliphatic rings. The van der Waals surface area contributed by atoms with E-state index >= 15 is 0 Å². The number of para-hydroxylation sites is 1. The number of nitrogens with zero attached hydrogens (tertiary/aromatic N) is 1. The first-order valence-electron chi connectivity index (χ1n) is 8.17. The quantitative estimate of drug-likeness (QED) is 0.756. The number of hydrogen-bond acceptors (Lipinski definition) is 1. The number of fused-ring (bicyclic) bond motifs is 1. The lowest BCUT2D eigenvalue weighted by molar-refractivity contribution is 0.0949. The summed E-state index contributed by atoms with van der Waals surface area (Å²) in [5.74, 6) is -0.0657. The maximum atomic E-state index is 12.4. The van der Waals surface area contributed by atoms with Crippen molar-refractivity contribution >= 4 is 28.4 Å². The Morgan fingerprint density at radius 1 is 1.21 bits per heavy atom. The third kappa shape index (κ3) is 2.59. The monoisotopic (exact) mass is 338 g/mol. The first-order valence-corrected chi connectivity index (χ1v) is 8.55. The number of amides is 1. The van der Waals surface area contributed by atoms with Crippen molar-refractivity contribution in [1.82, 2.24) is 9.88 Å². The summed E-state index contributed by atoms with van der Waals surface area (Å²) in [6.07, 6.45) is 4.43. The van der Waals surface area contributed by atoms with Crippen LogP contribution in [0.1, 0.15) is 28.8 Å². The third-order valence-corrected chi connectivity index (χ3v) is 5.23. The van der Waals surface area contributed by atoms with Gasteiger partial charge in [-0.2, -0.15) is 0 Å². The molecule has 122 valence electrons. The zero-order chi connectivity index (χ0) is 16.7. The second-order valence-electron chi connectivity index (χ2n) is 6.64. The molecule has 4 rings (SSSR count). The Bertz CT molecular complexity index is 924. The van der Waals surface area contributed by atoms with Crippen molar-refractivity contribution in [2.75, 3.05) is 6.54 Å². The van der Waals surface area contributed by atoms with Gasteiger partial charge in [-0.25, -0.2) is 0 Å². The Morgan fingerprint density at radius 3 is 2.75 bits per heavy atom. The molecule has 24 heavy (non-hydrogen) atoms. The number of carbonyl (C=O) groups is 1. The van der Waals surface area contributed by atoms with E-state index in [0.29, 0.717) is 17.1 Å². The van der Waals surface area contributed by atoms with Crippen molar-refractivity contribution in [3.63, 3.8) is 0 Å². The smallest absolute Gasteiger partial charge is 0.251 e. The predicted octanol–water partition coefficient (Wildman–Crippen LogP) is 4.29. The molecule has 1 heterocycles. The fraction of sp³-hybridized carbons (Fsp3) is 0.250. The minimum absolute atomic E-state index is 0.0646. The zero-order valence-electron chi connectivity index (χ0n) is 13.6. The number of aromatic nitrogens is 1. The van der Waals surface area contributed by atoms with Crippen molar-refractivity contribution in [2.45, 2.75) is 18.3 Å². The molecule has 1 N–H and O–H groups in total. The van der Waals surface area contributed by atoms with Gasteiger partial charge in [0.1, 0.15) is 0 Å². The van der Waals surface area contributed by atoms with E-state index in [2.05, 4.69) is 47.4 Å². The van der Waals surface area contributed by atoms with E-state index in [0.717, 1.165) is 12.8 Å². The third-order valence-electron chi connectivity index (χ3n) is 5.00. The molecule has 1 aromatic heterocycles. The fourth-order valence-electron chi connectivity index (χ4n) is 3.44. The number of nitrogens with one attached hydrogen (secondary N) is 1. The standard InChI is InChI=1S/C20H19ClN2O/c1-23-12-17(16-7-2-3-8-18(16)23)20(9-10-20)13-22-19(24)14-5-4-6-15(21)11-14/h2-8,11-12H,9-10,13H2,1H3,(H,22,24). The topological polar surface area (TPSA) is 34.0 Å². The van der Waals surface area contributed by atoms with Crippen molar-refractivity contribution in [3.8, 4) is 0 Å². The maximum Gasteiger partial charge on any atom is 0.251 e. The van der Waals surface area contributed by atoms with E-state index in [-0.39, 0.29) is 11.3 Å².